The van der Waals surface area contributed by atoms with E-state index in [1.165, 1.54) is 7.11 Å². The highest BCUT2D eigenvalue weighted by atomic mass is 16.5. The fraction of sp³-hybridized carbons (Fsp3) is 0.778. The normalized spacial score (nSPS) is 38.8. The van der Waals surface area contributed by atoms with Crippen LogP contribution in [0.25, 0.3) is 0 Å². The summed E-state index contributed by atoms with van der Waals surface area (Å²) in [6.07, 6.45) is 2.29. The summed E-state index contributed by atoms with van der Waals surface area (Å²) in [6, 6.07) is 0. The van der Waals surface area contributed by atoms with Gasteiger partial charge in [-0.2, -0.15) is 0 Å². The fourth-order valence-electron chi connectivity index (χ4n) is 2.35. The molecule has 3 unspecified atom stereocenters. The number of carbonyl (C=O) groups excluding carboxylic acids is 2. The van der Waals surface area contributed by atoms with Gasteiger partial charge in [-0.3, -0.25) is 9.59 Å². The van der Waals surface area contributed by atoms with Crippen molar-refractivity contribution in [2.45, 2.75) is 19.3 Å². The molecule has 2 rings (SSSR count). The number of hydrogen-bond donors (Lipinski definition) is 0. The smallest absolute Gasteiger partial charge is 0.308 e. The molecule has 0 heterocycles. The summed E-state index contributed by atoms with van der Waals surface area (Å²) in [5, 5.41) is 0. The summed E-state index contributed by atoms with van der Waals surface area (Å²) in [7, 11) is 1.41. The molecule has 2 aliphatic rings. The van der Waals surface area contributed by atoms with Gasteiger partial charge in [0.05, 0.1) is 13.0 Å². The van der Waals surface area contributed by atoms with Gasteiger partial charge in [0, 0.05) is 12.3 Å². The molecular formula is C9H12O3. The maximum atomic E-state index is 11.1. The maximum absolute atomic E-state index is 11.1. The van der Waals surface area contributed by atoms with Crippen LogP contribution in [0.15, 0.2) is 0 Å². The topological polar surface area (TPSA) is 43.4 Å². The average molecular weight is 168 g/mol. The third-order valence-electron chi connectivity index (χ3n) is 3.11. The molecule has 66 valence electrons. The largest absolute Gasteiger partial charge is 0.469 e. The molecule has 2 aliphatic carbocycles. The van der Waals surface area contributed by atoms with Gasteiger partial charge in [-0.25, -0.2) is 0 Å². The molecule has 0 spiro atoms. The molecule has 0 aromatic rings. The predicted molar refractivity (Wildman–Crippen MR) is 41.3 cm³/mol. The number of methoxy groups -OCH3 is 1. The lowest BCUT2D eigenvalue weighted by molar-refractivity contribution is -0.145. The molecule has 0 aromatic carbocycles. The van der Waals surface area contributed by atoms with Gasteiger partial charge in [-0.05, 0) is 18.8 Å². The van der Waals surface area contributed by atoms with Crippen LogP contribution in [-0.2, 0) is 14.3 Å². The zero-order valence-corrected chi connectivity index (χ0v) is 7.08. The molecule has 2 fully saturated rings. The lowest BCUT2D eigenvalue weighted by Crippen LogP contribution is -2.32. The van der Waals surface area contributed by atoms with E-state index in [4.69, 9.17) is 0 Å². The number of hydrogen-bond acceptors (Lipinski definition) is 3. The molecule has 0 N–H and O–H groups in total. The van der Waals surface area contributed by atoms with Gasteiger partial charge in [0.15, 0.2) is 0 Å². The number of fused-ring (bicyclic) bond motifs is 1. The monoisotopic (exact) mass is 168 g/mol. The third-order valence-corrected chi connectivity index (χ3v) is 3.11. The first-order valence-corrected chi connectivity index (χ1v) is 4.33. The molecule has 2 saturated carbocycles. The molecule has 3 atom stereocenters. The fourth-order valence-corrected chi connectivity index (χ4v) is 2.35. The molecule has 0 amide bonds. The Kier molecular flexibility index (Phi) is 1.67. The van der Waals surface area contributed by atoms with Crippen LogP contribution in [-0.4, -0.2) is 18.9 Å². The minimum atomic E-state index is -0.141. The Morgan fingerprint density at radius 2 is 2.25 bits per heavy atom. The van der Waals surface area contributed by atoms with Crippen molar-refractivity contribution in [3.63, 3.8) is 0 Å². The van der Waals surface area contributed by atoms with E-state index >= 15 is 0 Å². The number of ketones is 1. The Hall–Kier alpha value is -0.860. The summed E-state index contributed by atoms with van der Waals surface area (Å²) >= 11 is 0. The zero-order chi connectivity index (χ0) is 8.72. The van der Waals surface area contributed by atoms with Gasteiger partial charge < -0.3 is 4.74 Å². The van der Waals surface area contributed by atoms with Crippen LogP contribution < -0.4 is 0 Å². The van der Waals surface area contributed by atoms with E-state index in [1.54, 1.807) is 0 Å². The van der Waals surface area contributed by atoms with Gasteiger partial charge in [0.2, 0.25) is 0 Å². The van der Waals surface area contributed by atoms with Crippen LogP contribution in [0.2, 0.25) is 0 Å². The van der Waals surface area contributed by atoms with E-state index in [9.17, 15) is 9.59 Å². The lowest BCUT2D eigenvalue weighted by atomic mass is 9.75. The molecule has 3 nitrogen and oxygen atoms in total. The van der Waals surface area contributed by atoms with Crippen LogP contribution in [0, 0.1) is 17.8 Å². The first-order valence-electron chi connectivity index (χ1n) is 4.33. The molecular weight excluding hydrogens is 156 g/mol. The van der Waals surface area contributed by atoms with Crippen molar-refractivity contribution in [1.82, 2.24) is 0 Å². The standard InChI is InChI=1S/C9H12O3/c1-12-9(11)6-2-5-4-8(10)7(5)3-6/h5-7H,2-4H2,1H3. The van der Waals surface area contributed by atoms with Crippen LogP contribution in [0.4, 0.5) is 0 Å². The molecule has 12 heavy (non-hydrogen) atoms. The van der Waals surface area contributed by atoms with E-state index in [0.717, 1.165) is 12.8 Å². The Labute approximate surface area is 71.1 Å². The zero-order valence-electron chi connectivity index (χ0n) is 7.08. The summed E-state index contributed by atoms with van der Waals surface area (Å²) in [4.78, 5) is 22.1. The summed E-state index contributed by atoms with van der Waals surface area (Å²) in [6.45, 7) is 0. The van der Waals surface area contributed by atoms with Crippen LogP contribution in [0.1, 0.15) is 19.3 Å². The van der Waals surface area contributed by atoms with Gasteiger partial charge in [0.25, 0.3) is 0 Å². The van der Waals surface area contributed by atoms with Gasteiger partial charge >= 0.3 is 5.97 Å². The summed E-state index contributed by atoms with van der Waals surface area (Å²) < 4.78 is 4.64. The van der Waals surface area contributed by atoms with Crippen LogP contribution in [0.5, 0.6) is 0 Å². The average Bonchev–Trinajstić information content (AvgIpc) is 2.41. The molecule has 0 bridgehead atoms. The number of carbonyl (C=O) groups is 2. The van der Waals surface area contributed by atoms with Gasteiger partial charge in [-0.1, -0.05) is 0 Å². The van der Waals surface area contributed by atoms with E-state index in [-0.39, 0.29) is 17.8 Å². The SMILES string of the molecule is COC(=O)C1CC2CC(=O)C2C1. The van der Waals surface area contributed by atoms with Crippen molar-refractivity contribution in [1.29, 1.82) is 0 Å². The lowest BCUT2D eigenvalue weighted by Gasteiger charge is -2.27. The second-order valence-corrected chi connectivity index (χ2v) is 3.73. The van der Waals surface area contributed by atoms with Crippen molar-refractivity contribution in [2.75, 3.05) is 7.11 Å². The van der Waals surface area contributed by atoms with E-state index < -0.39 is 0 Å². The Bertz CT molecular complexity index is 234. The summed E-state index contributed by atoms with van der Waals surface area (Å²) in [5.74, 6) is 0.871. The van der Waals surface area contributed by atoms with Crippen molar-refractivity contribution >= 4 is 11.8 Å². The van der Waals surface area contributed by atoms with E-state index in [0.29, 0.717) is 18.1 Å². The first kappa shape index (κ1) is 7.77. The molecule has 0 saturated heterocycles. The quantitative estimate of drug-likeness (QED) is 0.543. The maximum Gasteiger partial charge on any atom is 0.308 e. The Balaban J connectivity index is 1.98. The minimum absolute atomic E-state index is 0.00329. The predicted octanol–water partition coefficient (Wildman–Crippen LogP) is 0.775. The van der Waals surface area contributed by atoms with Crippen LogP contribution >= 0.6 is 0 Å². The highest BCUT2D eigenvalue weighted by Gasteiger charge is 2.49. The van der Waals surface area contributed by atoms with Crippen LogP contribution in [0.3, 0.4) is 0 Å². The number of Topliss-reactive ketones (excluding diaryl/α,β-unsaturated/α-hetero) is 1. The molecule has 3 heteroatoms. The van der Waals surface area contributed by atoms with E-state index in [2.05, 4.69) is 4.74 Å². The first-order chi connectivity index (χ1) is 5.72. The van der Waals surface area contributed by atoms with E-state index in [1.807, 2.05) is 0 Å². The highest BCUT2D eigenvalue weighted by Crippen LogP contribution is 2.47. The van der Waals surface area contributed by atoms with Crippen molar-refractivity contribution < 1.29 is 14.3 Å². The minimum Gasteiger partial charge on any atom is -0.469 e. The number of esters is 1. The summed E-state index contributed by atoms with van der Waals surface area (Å²) in [5.41, 5.74) is 0. The van der Waals surface area contributed by atoms with Crippen molar-refractivity contribution in [3.8, 4) is 0 Å². The number of ether oxygens (including phenoxy) is 1. The van der Waals surface area contributed by atoms with Gasteiger partial charge in [-0.15, -0.1) is 0 Å². The van der Waals surface area contributed by atoms with Crippen molar-refractivity contribution in [3.05, 3.63) is 0 Å². The second kappa shape index (κ2) is 2.57. The van der Waals surface area contributed by atoms with Crippen molar-refractivity contribution in [2.24, 2.45) is 17.8 Å². The number of rotatable bonds is 1. The molecule has 0 aromatic heterocycles. The highest BCUT2D eigenvalue weighted by molar-refractivity contribution is 5.89. The molecule has 0 aliphatic heterocycles. The van der Waals surface area contributed by atoms with Gasteiger partial charge in [0.1, 0.15) is 5.78 Å². The Morgan fingerprint density at radius 3 is 2.75 bits per heavy atom. The molecule has 0 radical (unpaired) electrons. The Morgan fingerprint density at radius 1 is 1.50 bits per heavy atom. The second-order valence-electron chi connectivity index (χ2n) is 3.73. The third kappa shape index (κ3) is 0.958.